The van der Waals surface area contributed by atoms with Gasteiger partial charge in [-0.1, -0.05) is 61.0 Å². The minimum Gasteiger partial charge on any atom is -0.342 e. The average molecular weight is 342 g/mol. The molecule has 2 aromatic rings. The van der Waals surface area contributed by atoms with Crippen molar-refractivity contribution in [3.63, 3.8) is 0 Å². The zero-order valence-corrected chi connectivity index (χ0v) is 14.5. The summed E-state index contributed by atoms with van der Waals surface area (Å²) in [6.45, 7) is 1.77. The number of aromatic amines is 1. The third-order valence-electron chi connectivity index (χ3n) is 4.00. The Hall–Kier alpha value is -2.08. The van der Waals surface area contributed by atoms with E-state index in [-0.39, 0.29) is 5.91 Å². The molecular formula is C18H22N4OS. The van der Waals surface area contributed by atoms with Gasteiger partial charge in [-0.15, -0.1) is 5.10 Å². The first-order valence-electron chi connectivity index (χ1n) is 8.37. The quantitative estimate of drug-likeness (QED) is 0.845. The maximum absolute atomic E-state index is 12.3. The van der Waals surface area contributed by atoms with Gasteiger partial charge in [-0.3, -0.25) is 9.89 Å². The first-order chi connectivity index (χ1) is 11.8. The number of benzene rings is 1. The zero-order valence-electron chi connectivity index (χ0n) is 13.6. The molecule has 1 aromatic carbocycles. The van der Waals surface area contributed by atoms with Gasteiger partial charge in [0.15, 0.2) is 0 Å². The van der Waals surface area contributed by atoms with Crippen LogP contribution in [0.15, 0.2) is 35.5 Å². The highest BCUT2D eigenvalue weighted by atomic mass is 32.2. The minimum absolute atomic E-state index is 0.188. The van der Waals surface area contributed by atoms with Crippen molar-refractivity contribution in [1.29, 1.82) is 0 Å². The molecule has 126 valence electrons. The van der Waals surface area contributed by atoms with Gasteiger partial charge in [0.2, 0.25) is 11.1 Å². The lowest BCUT2D eigenvalue weighted by Crippen LogP contribution is -2.33. The summed E-state index contributed by atoms with van der Waals surface area (Å²) in [5.74, 6) is 1.29. The molecule has 1 N–H and O–H groups in total. The first-order valence-corrected chi connectivity index (χ1v) is 9.36. The van der Waals surface area contributed by atoms with Crippen molar-refractivity contribution in [1.82, 2.24) is 20.1 Å². The van der Waals surface area contributed by atoms with Crippen LogP contribution in [0.25, 0.3) is 12.2 Å². The van der Waals surface area contributed by atoms with Crippen molar-refractivity contribution in [2.75, 3.05) is 18.8 Å². The van der Waals surface area contributed by atoms with Crippen molar-refractivity contribution in [2.45, 2.75) is 30.8 Å². The number of carbonyl (C=O) groups excluding carboxylic acids is 1. The molecule has 1 aromatic heterocycles. The van der Waals surface area contributed by atoms with Gasteiger partial charge in [-0.05, 0) is 24.5 Å². The van der Waals surface area contributed by atoms with E-state index in [1.54, 1.807) is 0 Å². The predicted molar refractivity (Wildman–Crippen MR) is 97.5 cm³/mol. The van der Waals surface area contributed by atoms with Gasteiger partial charge in [0.05, 0.1) is 5.75 Å². The number of hydrogen-bond donors (Lipinski definition) is 1. The molecule has 0 radical (unpaired) electrons. The molecule has 0 saturated carbocycles. The predicted octanol–water partition coefficient (Wildman–Crippen LogP) is 3.47. The van der Waals surface area contributed by atoms with Crippen LogP contribution in [0.3, 0.4) is 0 Å². The van der Waals surface area contributed by atoms with E-state index in [2.05, 4.69) is 15.2 Å². The highest BCUT2D eigenvalue weighted by molar-refractivity contribution is 7.99. The van der Waals surface area contributed by atoms with Crippen LogP contribution in [0.4, 0.5) is 0 Å². The number of hydrogen-bond acceptors (Lipinski definition) is 4. The number of likely N-dealkylation sites (tertiary alicyclic amines) is 1. The minimum atomic E-state index is 0.188. The lowest BCUT2D eigenvalue weighted by Gasteiger charge is -2.19. The summed E-state index contributed by atoms with van der Waals surface area (Å²) in [6, 6.07) is 10.0. The fourth-order valence-corrected chi connectivity index (χ4v) is 3.38. The zero-order chi connectivity index (χ0) is 16.6. The van der Waals surface area contributed by atoms with E-state index in [0.717, 1.165) is 31.5 Å². The Balaban J connectivity index is 1.50. The largest absolute Gasteiger partial charge is 0.342 e. The Labute approximate surface area is 146 Å². The standard InChI is InChI=1S/C18H22N4OS/c23-17(22-12-6-1-2-7-13-22)14-24-18-19-16(20-21-18)11-10-15-8-4-3-5-9-15/h3-5,8-11H,1-2,6-7,12-14H2,(H,19,20,21)/b11-10+. The topological polar surface area (TPSA) is 61.9 Å². The fraction of sp³-hybridized carbons (Fsp3) is 0.389. The molecule has 1 aliphatic rings. The summed E-state index contributed by atoms with van der Waals surface area (Å²) in [6.07, 6.45) is 8.57. The average Bonchev–Trinajstić information content (AvgIpc) is 2.89. The van der Waals surface area contributed by atoms with Crippen molar-refractivity contribution >= 4 is 29.8 Å². The van der Waals surface area contributed by atoms with Gasteiger partial charge < -0.3 is 4.90 Å². The highest BCUT2D eigenvalue weighted by Crippen LogP contribution is 2.16. The Morgan fingerprint density at radius 3 is 2.62 bits per heavy atom. The molecule has 1 saturated heterocycles. The Kier molecular flexibility index (Phi) is 6.07. The lowest BCUT2D eigenvalue weighted by molar-refractivity contribution is -0.128. The number of carbonyl (C=O) groups is 1. The molecule has 5 nitrogen and oxygen atoms in total. The van der Waals surface area contributed by atoms with Crippen LogP contribution in [0.2, 0.25) is 0 Å². The molecule has 24 heavy (non-hydrogen) atoms. The molecule has 1 aliphatic heterocycles. The molecule has 0 atom stereocenters. The molecular weight excluding hydrogens is 320 g/mol. The summed E-state index contributed by atoms with van der Waals surface area (Å²) in [5, 5.41) is 7.68. The maximum atomic E-state index is 12.3. The van der Waals surface area contributed by atoms with Gasteiger partial charge in [0.25, 0.3) is 0 Å². The normalized spacial score (nSPS) is 15.6. The second kappa shape index (κ2) is 8.68. The Morgan fingerprint density at radius 2 is 1.88 bits per heavy atom. The van der Waals surface area contributed by atoms with E-state index < -0.39 is 0 Å². The molecule has 6 heteroatoms. The number of amides is 1. The smallest absolute Gasteiger partial charge is 0.233 e. The van der Waals surface area contributed by atoms with E-state index in [1.807, 2.05) is 47.4 Å². The second-order valence-electron chi connectivity index (χ2n) is 5.83. The number of nitrogens with one attached hydrogen (secondary N) is 1. The van der Waals surface area contributed by atoms with Crippen LogP contribution >= 0.6 is 11.8 Å². The van der Waals surface area contributed by atoms with E-state index in [9.17, 15) is 4.79 Å². The van der Waals surface area contributed by atoms with Crippen LogP contribution in [0.1, 0.15) is 37.1 Å². The molecule has 0 aliphatic carbocycles. The molecule has 0 unspecified atom stereocenters. The Morgan fingerprint density at radius 1 is 1.12 bits per heavy atom. The number of H-pyrrole nitrogens is 1. The van der Waals surface area contributed by atoms with Gasteiger partial charge >= 0.3 is 0 Å². The van der Waals surface area contributed by atoms with Crippen molar-refractivity contribution < 1.29 is 4.79 Å². The number of aromatic nitrogens is 3. The summed E-state index contributed by atoms with van der Waals surface area (Å²) in [4.78, 5) is 18.6. The fourth-order valence-electron chi connectivity index (χ4n) is 2.67. The Bertz CT molecular complexity index is 675. The summed E-state index contributed by atoms with van der Waals surface area (Å²) < 4.78 is 0. The van der Waals surface area contributed by atoms with Gasteiger partial charge in [0, 0.05) is 13.1 Å². The van der Waals surface area contributed by atoms with Gasteiger partial charge in [-0.2, -0.15) is 0 Å². The first kappa shape index (κ1) is 16.8. The van der Waals surface area contributed by atoms with Crippen molar-refractivity contribution in [2.24, 2.45) is 0 Å². The van der Waals surface area contributed by atoms with Crippen LogP contribution < -0.4 is 0 Å². The maximum Gasteiger partial charge on any atom is 0.233 e. The van der Waals surface area contributed by atoms with Gasteiger partial charge in [0.1, 0.15) is 5.82 Å². The number of thioether (sulfide) groups is 1. The molecule has 2 heterocycles. The van der Waals surface area contributed by atoms with Crippen LogP contribution in [0.5, 0.6) is 0 Å². The van der Waals surface area contributed by atoms with Crippen molar-refractivity contribution in [3.05, 3.63) is 41.7 Å². The van der Waals surface area contributed by atoms with Crippen LogP contribution in [-0.2, 0) is 4.79 Å². The summed E-state index contributed by atoms with van der Waals surface area (Å²) in [5.41, 5.74) is 1.11. The third-order valence-corrected chi connectivity index (χ3v) is 4.83. The molecule has 3 rings (SSSR count). The monoisotopic (exact) mass is 342 g/mol. The van der Waals surface area contributed by atoms with E-state index in [1.165, 1.54) is 24.6 Å². The van der Waals surface area contributed by atoms with E-state index in [4.69, 9.17) is 0 Å². The molecule has 0 spiro atoms. The number of rotatable bonds is 5. The molecule has 1 amide bonds. The van der Waals surface area contributed by atoms with Gasteiger partial charge in [-0.25, -0.2) is 4.98 Å². The van der Waals surface area contributed by atoms with E-state index in [0.29, 0.717) is 16.7 Å². The number of nitrogens with zero attached hydrogens (tertiary/aromatic N) is 3. The second-order valence-corrected chi connectivity index (χ2v) is 6.77. The van der Waals surface area contributed by atoms with E-state index >= 15 is 0 Å². The van der Waals surface area contributed by atoms with Crippen LogP contribution in [0, 0.1) is 0 Å². The summed E-state index contributed by atoms with van der Waals surface area (Å²) in [7, 11) is 0. The summed E-state index contributed by atoms with van der Waals surface area (Å²) >= 11 is 1.39. The molecule has 1 fully saturated rings. The van der Waals surface area contributed by atoms with Crippen molar-refractivity contribution in [3.8, 4) is 0 Å². The lowest BCUT2D eigenvalue weighted by atomic mass is 10.2. The molecule has 0 bridgehead atoms. The SMILES string of the molecule is O=C(CSc1n[nH]c(/C=C/c2ccccc2)n1)N1CCCCCC1. The highest BCUT2D eigenvalue weighted by Gasteiger charge is 2.16. The van der Waals surface area contributed by atoms with Crippen LogP contribution in [-0.4, -0.2) is 44.8 Å². The third kappa shape index (κ3) is 4.96.